The Morgan fingerprint density at radius 3 is 2.50 bits per heavy atom. The highest BCUT2D eigenvalue weighted by Crippen LogP contribution is 2.35. The van der Waals surface area contributed by atoms with E-state index in [1.807, 2.05) is 0 Å². The van der Waals surface area contributed by atoms with E-state index in [4.69, 9.17) is 17.3 Å². The maximum absolute atomic E-state index is 12.9. The summed E-state index contributed by atoms with van der Waals surface area (Å²) in [6.45, 7) is 0. The largest absolute Gasteiger partial charge is 0.418 e. The van der Waals surface area contributed by atoms with E-state index in [0.717, 1.165) is 10.7 Å². The van der Waals surface area contributed by atoms with Gasteiger partial charge < -0.3 is 5.73 Å². The zero-order valence-electron chi connectivity index (χ0n) is 8.67. The van der Waals surface area contributed by atoms with E-state index in [9.17, 15) is 13.2 Å². The first-order chi connectivity index (χ1) is 8.29. The van der Waals surface area contributed by atoms with Gasteiger partial charge in [0.25, 0.3) is 0 Å². The number of alkyl halides is 3. The number of nitrogens with zero attached hydrogens (tertiary/aromatic N) is 2. The number of hydrogen-bond acceptors (Lipinski definition) is 2. The Bertz CT molecular complexity index is 575. The van der Waals surface area contributed by atoms with Gasteiger partial charge in [-0.1, -0.05) is 27.5 Å². The number of anilines is 1. The zero-order valence-corrected chi connectivity index (χ0v) is 11.0. The molecule has 96 valence electrons. The third-order valence-corrected chi connectivity index (χ3v) is 2.99. The lowest BCUT2D eigenvalue weighted by atomic mass is 10.2. The fourth-order valence-corrected chi connectivity index (χ4v) is 1.90. The van der Waals surface area contributed by atoms with Gasteiger partial charge >= 0.3 is 6.18 Å². The van der Waals surface area contributed by atoms with Crippen LogP contribution in [-0.4, -0.2) is 9.78 Å². The lowest BCUT2D eigenvalue weighted by Crippen LogP contribution is -2.11. The molecular weight excluding hydrogens is 334 g/mol. The summed E-state index contributed by atoms with van der Waals surface area (Å²) in [4.78, 5) is 0. The van der Waals surface area contributed by atoms with Crippen LogP contribution in [0.5, 0.6) is 0 Å². The Labute approximate surface area is 113 Å². The van der Waals surface area contributed by atoms with Crippen LogP contribution in [0.15, 0.2) is 28.9 Å². The molecule has 0 aliphatic heterocycles. The second kappa shape index (κ2) is 4.47. The Morgan fingerprint density at radius 1 is 1.33 bits per heavy atom. The standard InChI is InChI=1S/C10H6BrClF3N3/c11-5-1-2-6(10(13,14)15)8(3-5)18-4-7(12)9(16)17-18/h1-4H,(H2,16,17). The van der Waals surface area contributed by atoms with Gasteiger partial charge in [0.05, 0.1) is 17.4 Å². The van der Waals surface area contributed by atoms with Crippen LogP contribution in [0.1, 0.15) is 5.56 Å². The molecule has 0 fully saturated rings. The van der Waals surface area contributed by atoms with Gasteiger partial charge in [-0.15, -0.1) is 5.10 Å². The Balaban J connectivity index is 2.65. The molecule has 0 aliphatic rings. The number of benzene rings is 1. The Kier molecular flexibility index (Phi) is 3.29. The van der Waals surface area contributed by atoms with Crippen molar-refractivity contribution in [2.45, 2.75) is 6.18 Å². The normalized spacial score (nSPS) is 11.8. The Morgan fingerprint density at radius 2 is 2.00 bits per heavy atom. The molecule has 0 bridgehead atoms. The summed E-state index contributed by atoms with van der Waals surface area (Å²) >= 11 is 8.80. The van der Waals surface area contributed by atoms with Gasteiger partial charge in [-0.25, -0.2) is 4.68 Å². The van der Waals surface area contributed by atoms with E-state index in [1.165, 1.54) is 18.3 Å². The predicted molar refractivity (Wildman–Crippen MR) is 65.7 cm³/mol. The molecule has 3 nitrogen and oxygen atoms in total. The van der Waals surface area contributed by atoms with Crippen molar-refractivity contribution in [3.8, 4) is 5.69 Å². The third-order valence-electron chi connectivity index (χ3n) is 2.21. The van der Waals surface area contributed by atoms with Crippen molar-refractivity contribution >= 4 is 33.3 Å². The van der Waals surface area contributed by atoms with Crippen molar-refractivity contribution < 1.29 is 13.2 Å². The molecule has 0 saturated heterocycles. The van der Waals surface area contributed by atoms with Crippen molar-refractivity contribution in [1.29, 1.82) is 0 Å². The smallest absolute Gasteiger partial charge is 0.381 e. The van der Waals surface area contributed by atoms with Crippen molar-refractivity contribution in [1.82, 2.24) is 9.78 Å². The lowest BCUT2D eigenvalue weighted by molar-refractivity contribution is -0.137. The fourth-order valence-electron chi connectivity index (χ4n) is 1.42. The average Bonchev–Trinajstić information content (AvgIpc) is 2.57. The summed E-state index contributed by atoms with van der Waals surface area (Å²) in [7, 11) is 0. The van der Waals surface area contributed by atoms with Gasteiger partial charge in [-0.05, 0) is 18.2 Å². The summed E-state index contributed by atoms with van der Waals surface area (Å²) in [6, 6.07) is 3.57. The quantitative estimate of drug-likeness (QED) is 0.856. The molecule has 8 heteroatoms. The molecule has 18 heavy (non-hydrogen) atoms. The molecule has 1 aromatic carbocycles. The highest BCUT2D eigenvalue weighted by Gasteiger charge is 2.34. The second-order valence-corrected chi connectivity index (χ2v) is 4.79. The molecule has 0 amide bonds. The fraction of sp³-hybridized carbons (Fsp3) is 0.100. The number of nitrogen functional groups attached to an aromatic ring is 1. The topological polar surface area (TPSA) is 43.8 Å². The molecule has 0 unspecified atom stereocenters. The monoisotopic (exact) mass is 339 g/mol. The first-order valence-electron chi connectivity index (χ1n) is 4.67. The van der Waals surface area contributed by atoms with E-state index in [2.05, 4.69) is 21.0 Å². The molecule has 0 aliphatic carbocycles. The number of halogens is 5. The van der Waals surface area contributed by atoms with E-state index in [-0.39, 0.29) is 16.5 Å². The second-order valence-electron chi connectivity index (χ2n) is 3.47. The van der Waals surface area contributed by atoms with Gasteiger partial charge in [-0.3, -0.25) is 0 Å². The van der Waals surface area contributed by atoms with Gasteiger partial charge in [0.2, 0.25) is 0 Å². The molecule has 2 N–H and O–H groups in total. The minimum Gasteiger partial charge on any atom is -0.381 e. The highest BCUT2D eigenvalue weighted by atomic mass is 79.9. The molecule has 2 aromatic rings. The van der Waals surface area contributed by atoms with Gasteiger partial charge in [0, 0.05) is 4.47 Å². The maximum atomic E-state index is 12.9. The summed E-state index contributed by atoms with van der Waals surface area (Å²) in [5.41, 5.74) is 4.46. The number of nitrogens with two attached hydrogens (primary N) is 1. The Hall–Kier alpha value is -1.21. The molecule has 0 spiro atoms. The first-order valence-corrected chi connectivity index (χ1v) is 5.84. The highest BCUT2D eigenvalue weighted by molar-refractivity contribution is 9.10. The summed E-state index contributed by atoms with van der Waals surface area (Å²) in [5, 5.41) is 3.84. The number of aromatic nitrogens is 2. The minimum atomic E-state index is -4.48. The molecule has 1 heterocycles. The molecule has 2 rings (SSSR count). The van der Waals surface area contributed by atoms with Crippen LogP contribution in [-0.2, 0) is 6.18 Å². The van der Waals surface area contributed by atoms with Crippen LogP contribution in [0.4, 0.5) is 19.0 Å². The van der Waals surface area contributed by atoms with Crippen molar-refractivity contribution in [3.63, 3.8) is 0 Å². The molecular formula is C10H6BrClF3N3. The van der Waals surface area contributed by atoms with E-state index in [1.54, 1.807) is 0 Å². The number of hydrogen-bond donors (Lipinski definition) is 1. The van der Waals surface area contributed by atoms with Gasteiger partial charge in [0.15, 0.2) is 5.82 Å². The summed E-state index contributed by atoms with van der Waals surface area (Å²) in [6.07, 6.45) is -3.25. The van der Waals surface area contributed by atoms with Crippen LogP contribution in [0.2, 0.25) is 5.02 Å². The lowest BCUT2D eigenvalue weighted by Gasteiger charge is -2.12. The van der Waals surface area contributed by atoms with Crippen LogP contribution in [0.25, 0.3) is 5.69 Å². The molecule has 0 atom stereocenters. The SMILES string of the molecule is Nc1nn(-c2cc(Br)ccc2C(F)(F)F)cc1Cl. The third kappa shape index (κ3) is 2.46. The average molecular weight is 341 g/mol. The van der Waals surface area contributed by atoms with E-state index < -0.39 is 11.7 Å². The molecule has 1 aromatic heterocycles. The molecule has 0 saturated carbocycles. The van der Waals surface area contributed by atoms with Crippen molar-refractivity contribution in [2.24, 2.45) is 0 Å². The van der Waals surface area contributed by atoms with Crippen LogP contribution < -0.4 is 5.73 Å². The van der Waals surface area contributed by atoms with Crippen molar-refractivity contribution in [2.75, 3.05) is 5.73 Å². The summed E-state index contributed by atoms with van der Waals surface area (Å²) in [5.74, 6) is -0.0234. The van der Waals surface area contributed by atoms with Crippen LogP contribution in [0.3, 0.4) is 0 Å². The van der Waals surface area contributed by atoms with Crippen molar-refractivity contribution in [3.05, 3.63) is 39.5 Å². The van der Waals surface area contributed by atoms with E-state index in [0.29, 0.717) is 4.47 Å². The minimum absolute atomic E-state index is 0.0234. The van der Waals surface area contributed by atoms with Crippen LogP contribution in [0, 0.1) is 0 Å². The maximum Gasteiger partial charge on any atom is 0.418 e. The van der Waals surface area contributed by atoms with Gasteiger partial charge in [-0.2, -0.15) is 13.2 Å². The summed E-state index contributed by atoms with van der Waals surface area (Å²) < 4.78 is 40.1. The van der Waals surface area contributed by atoms with Gasteiger partial charge in [0.1, 0.15) is 5.02 Å². The molecule has 0 radical (unpaired) electrons. The zero-order chi connectivity index (χ0) is 13.5. The predicted octanol–water partition coefficient (Wildman–Crippen LogP) is 3.89. The van der Waals surface area contributed by atoms with E-state index >= 15 is 0 Å². The van der Waals surface area contributed by atoms with Crippen LogP contribution >= 0.6 is 27.5 Å². The first kappa shape index (κ1) is 13.2. The number of rotatable bonds is 1.